The maximum absolute atomic E-state index is 12.3. The van der Waals surface area contributed by atoms with E-state index in [0.717, 1.165) is 17.3 Å². The Morgan fingerprint density at radius 3 is 2.75 bits per heavy atom. The number of nitrogens with one attached hydrogen (secondary N) is 1. The number of fused-ring (bicyclic) bond motifs is 1. The molecule has 0 atom stereocenters. The van der Waals surface area contributed by atoms with Crippen molar-refractivity contribution < 1.29 is 27.8 Å². The molecule has 0 aliphatic heterocycles. The van der Waals surface area contributed by atoms with Crippen molar-refractivity contribution in [1.82, 2.24) is 4.98 Å². The summed E-state index contributed by atoms with van der Waals surface area (Å²) in [5, 5.41) is 1.16. The summed E-state index contributed by atoms with van der Waals surface area (Å²) in [5.41, 5.74) is 2.87. The number of H-pyrrole nitrogens is 1. The average molecular weight is 389 g/mol. The molecule has 0 unspecified atom stereocenters. The van der Waals surface area contributed by atoms with Crippen LogP contribution in [0.2, 0.25) is 0 Å². The van der Waals surface area contributed by atoms with Gasteiger partial charge in [-0.05, 0) is 42.2 Å². The van der Waals surface area contributed by atoms with Gasteiger partial charge in [-0.15, -0.1) is 0 Å². The fourth-order valence-electron chi connectivity index (χ4n) is 2.99. The van der Waals surface area contributed by atoms with E-state index in [2.05, 4.69) is 9.72 Å². The van der Waals surface area contributed by atoms with Crippen LogP contribution in [-0.2, 0) is 22.6 Å². The van der Waals surface area contributed by atoms with Crippen LogP contribution in [0.4, 0.5) is 8.78 Å². The molecule has 148 valence electrons. The van der Waals surface area contributed by atoms with Crippen molar-refractivity contribution in [2.75, 3.05) is 7.11 Å². The van der Waals surface area contributed by atoms with E-state index in [1.807, 2.05) is 30.5 Å². The summed E-state index contributed by atoms with van der Waals surface area (Å²) in [6.07, 6.45) is 3.70. The number of hydrogen-bond acceptors (Lipinski definition) is 4. The van der Waals surface area contributed by atoms with Crippen molar-refractivity contribution in [3.63, 3.8) is 0 Å². The maximum Gasteiger partial charge on any atom is 0.387 e. The number of methoxy groups -OCH3 is 1. The largest absolute Gasteiger partial charge is 0.493 e. The van der Waals surface area contributed by atoms with Crippen molar-refractivity contribution in [1.29, 1.82) is 0 Å². The monoisotopic (exact) mass is 389 g/mol. The van der Waals surface area contributed by atoms with Crippen LogP contribution < -0.4 is 9.47 Å². The van der Waals surface area contributed by atoms with Crippen molar-refractivity contribution in [3.8, 4) is 11.5 Å². The minimum Gasteiger partial charge on any atom is -0.493 e. The second kappa shape index (κ2) is 9.21. The van der Waals surface area contributed by atoms with Gasteiger partial charge in [-0.1, -0.05) is 24.3 Å². The molecule has 0 bridgehead atoms. The number of halogens is 2. The summed E-state index contributed by atoms with van der Waals surface area (Å²) in [4.78, 5) is 15.2. The maximum atomic E-state index is 12.3. The van der Waals surface area contributed by atoms with Crippen LogP contribution in [0.25, 0.3) is 10.9 Å². The Morgan fingerprint density at radius 1 is 1.14 bits per heavy atom. The van der Waals surface area contributed by atoms with Crippen LogP contribution in [0.1, 0.15) is 24.0 Å². The lowest BCUT2D eigenvalue weighted by Gasteiger charge is -2.11. The molecule has 0 spiro atoms. The Bertz CT molecular complexity index is 939. The van der Waals surface area contributed by atoms with Crippen LogP contribution in [0, 0.1) is 0 Å². The number of para-hydroxylation sites is 1. The molecule has 0 radical (unpaired) electrons. The third-order valence-electron chi connectivity index (χ3n) is 4.35. The van der Waals surface area contributed by atoms with E-state index in [-0.39, 0.29) is 24.1 Å². The lowest BCUT2D eigenvalue weighted by atomic mass is 10.1. The predicted molar refractivity (Wildman–Crippen MR) is 101 cm³/mol. The molecule has 1 N–H and O–H groups in total. The van der Waals surface area contributed by atoms with E-state index >= 15 is 0 Å². The Morgan fingerprint density at radius 2 is 1.96 bits per heavy atom. The number of aromatic amines is 1. The Kier molecular flexibility index (Phi) is 6.47. The molecule has 0 aliphatic rings. The number of hydrogen-bond donors (Lipinski definition) is 1. The van der Waals surface area contributed by atoms with Gasteiger partial charge in [0.1, 0.15) is 6.61 Å². The molecule has 1 heterocycles. The zero-order chi connectivity index (χ0) is 19.9. The zero-order valence-corrected chi connectivity index (χ0v) is 15.4. The van der Waals surface area contributed by atoms with Crippen molar-refractivity contribution in [2.24, 2.45) is 0 Å². The second-order valence-electron chi connectivity index (χ2n) is 6.24. The number of aromatic nitrogens is 1. The minimum atomic E-state index is -2.94. The highest BCUT2D eigenvalue weighted by molar-refractivity contribution is 5.83. The highest BCUT2D eigenvalue weighted by atomic mass is 19.3. The Labute approximate surface area is 161 Å². The molecule has 0 amide bonds. The summed E-state index contributed by atoms with van der Waals surface area (Å²) in [7, 11) is 1.36. The highest BCUT2D eigenvalue weighted by Gasteiger charge is 2.12. The van der Waals surface area contributed by atoms with E-state index in [9.17, 15) is 13.6 Å². The summed E-state index contributed by atoms with van der Waals surface area (Å²) in [6.45, 7) is -2.90. The molecular formula is C21H21F2NO4. The van der Waals surface area contributed by atoms with Gasteiger partial charge in [0.25, 0.3) is 0 Å². The summed E-state index contributed by atoms with van der Waals surface area (Å²) >= 11 is 0. The van der Waals surface area contributed by atoms with E-state index < -0.39 is 6.61 Å². The lowest BCUT2D eigenvalue weighted by molar-refractivity contribution is -0.145. The summed E-state index contributed by atoms with van der Waals surface area (Å²) < 4.78 is 39.4. The second-order valence-corrected chi connectivity index (χ2v) is 6.24. The molecule has 7 heteroatoms. The Balaban J connectivity index is 1.47. The van der Waals surface area contributed by atoms with Gasteiger partial charge in [0.2, 0.25) is 0 Å². The zero-order valence-electron chi connectivity index (χ0n) is 15.4. The van der Waals surface area contributed by atoms with E-state index in [0.29, 0.717) is 18.4 Å². The normalized spacial score (nSPS) is 11.0. The fraction of sp³-hybridized carbons (Fsp3) is 0.286. The van der Waals surface area contributed by atoms with E-state index in [1.54, 1.807) is 6.07 Å². The summed E-state index contributed by atoms with van der Waals surface area (Å²) in [6, 6.07) is 12.5. The average Bonchev–Trinajstić information content (AvgIpc) is 3.10. The molecule has 2 aromatic carbocycles. The lowest BCUT2D eigenvalue weighted by Crippen LogP contribution is -2.06. The van der Waals surface area contributed by atoms with Crippen LogP contribution >= 0.6 is 0 Å². The SMILES string of the molecule is COc1cc(COC(=O)CCCc2c[nH]c3ccccc23)ccc1OC(F)F. The van der Waals surface area contributed by atoms with Crippen molar-refractivity contribution in [2.45, 2.75) is 32.5 Å². The van der Waals surface area contributed by atoms with Gasteiger partial charge in [-0.2, -0.15) is 8.78 Å². The third kappa shape index (κ3) is 5.00. The van der Waals surface area contributed by atoms with Crippen LogP contribution in [-0.4, -0.2) is 24.7 Å². The number of aryl methyl sites for hydroxylation is 1. The van der Waals surface area contributed by atoms with Gasteiger partial charge < -0.3 is 19.2 Å². The molecule has 0 saturated carbocycles. The molecule has 0 fully saturated rings. The predicted octanol–water partition coefficient (Wildman–Crippen LogP) is 4.84. The van der Waals surface area contributed by atoms with Crippen LogP contribution in [0.15, 0.2) is 48.7 Å². The number of carbonyl (C=O) groups is 1. The molecule has 5 nitrogen and oxygen atoms in total. The molecule has 3 rings (SSSR count). The number of rotatable bonds is 9. The number of carbonyl (C=O) groups excluding carboxylic acids is 1. The van der Waals surface area contributed by atoms with Gasteiger partial charge >= 0.3 is 12.6 Å². The van der Waals surface area contributed by atoms with Gasteiger partial charge in [0.05, 0.1) is 7.11 Å². The molecule has 1 aromatic heterocycles. The minimum absolute atomic E-state index is 0.0389. The van der Waals surface area contributed by atoms with Gasteiger partial charge in [0, 0.05) is 23.5 Å². The number of alkyl halides is 2. The first-order chi connectivity index (χ1) is 13.6. The standard InChI is InChI=1S/C21H21F2NO4/c1-26-19-11-14(9-10-18(19)28-21(22)23)13-27-20(25)8-4-5-15-12-24-17-7-3-2-6-16(15)17/h2-3,6-7,9-12,21,24H,4-5,8,13H2,1H3. The van der Waals surface area contributed by atoms with E-state index in [4.69, 9.17) is 9.47 Å². The molecule has 3 aromatic rings. The first-order valence-corrected chi connectivity index (χ1v) is 8.89. The van der Waals surface area contributed by atoms with Gasteiger partial charge in [0.15, 0.2) is 11.5 Å². The van der Waals surface area contributed by atoms with Crippen LogP contribution in [0.5, 0.6) is 11.5 Å². The number of ether oxygens (including phenoxy) is 3. The van der Waals surface area contributed by atoms with Crippen LogP contribution in [0.3, 0.4) is 0 Å². The molecule has 0 aliphatic carbocycles. The number of esters is 1. The van der Waals surface area contributed by atoms with E-state index in [1.165, 1.54) is 24.8 Å². The Hall–Kier alpha value is -3.09. The number of benzene rings is 2. The molecule has 28 heavy (non-hydrogen) atoms. The summed E-state index contributed by atoms with van der Waals surface area (Å²) in [5.74, 6) is -0.216. The third-order valence-corrected chi connectivity index (χ3v) is 4.35. The topological polar surface area (TPSA) is 60.5 Å². The van der Waals surface area contributed by atoms with Crippen molar-refractivity contribution in [3.05, 3.63) is 59.8 Å². The fourth-order valence-corrected chi connectivity index (χ4v) is 2.99. The first kappa shape index (κ1) is 19.7. The molecule has 0 saturated heterocycles. The van der Waals surface area contributed by atoms with Crippen molar-refractivity contribution >= 4 is 16.9 Å². The smallest absolute Gasteiger partial charge is 0.387 e. The van der Waals surface area contributed by atoms with Gasteiger partial charge in [-0.3, -0.25) is 4.79 Å². The first-order valence-electron chi connectivity index (χ1n) is 8.89. The quantitative estimate of drug-likeness (QED) is 0.532. The highest BCUT2D eigenvalue weighted by Crippen LogP contribution is 2.29. The molecular weight excluding hydrogens is 368 g/mol. The van der Waals surface area contributed by atoms with Gasteiger partial charge in [-0.25, -0.2) is 0 Å².